The zero-order valence-corrected chi connectivity index (χ0v) is 19.4. The Bertz CT molecular complexity index is 1320. The Kier molecular flexibility index (Phi) is 4.85. The van der Waals surface area contributed by atoms with E-state index in [1.807, 2.05) is 27.7 Å². The number of fused-ring (bicyclic) bond motifs is 1. The molecular formula is C23H25BN2O4S. The van der Waals surface area contributed by atoms with Crippen molar-refractivity contribution < 1.29 is 17.7 Å². The lowest BCUT2D eigenvalue weighted by Crippen LogP contribution is -2.41. The van der Waals surface area contributed by atoms with Crippen LogP contribution in [0.1, 0.15) is 44.5 Å². The SMILES string of the molecule is Cc1cc2c(cc1C#N)c(B1OC(C)(C)C(C)(C)O1)c(C)n2S(=O)(=O)c1ccccc1. The second-order valence-corrected chi connectivity index (χ2v) is 10.8. The van der Waals surface area contributed by atoms with Gasteiger partial charge in [-0.3, -0.25) is 0 Å². The molecule has 0 N–H and O–H groups in total. The molecule has 0 bridgehead atoms. The van der Waals surface area contributed by atoms with Crippen molar-refractivity contribution in [2.75, 3.05) is 0 Å². The predicted molar refractivity (Wildman–Crippen MR) is 121 cm³/mol. The van der Waals surface area contributed by atoms with Gasteiger partial charge in [-0.05, 0) is 71.4 Å². The van der Waals surface area contributed by atoms with Crippen LogP contribution in [0.5, 0.6) is 0 Å². The van der Waals surface area contributed by atoms with Gasteiger partial charge in [0.15, 0.2) is 0 Å². The molecule has 6 nitrogen and oxygen atoms in total. The molecule has 8 heteroatoms. The van der Waals surface area contributed by atoms with Gasteiger partial charge in [0.1, 0.15) is 0 Å². The summed E-state index contributed by atoms with van der Waals surface area (Å²) in [6.07, 6.45) is 0. The van der Waals surface area contributed by atoms with Crippen LogP contribution in [0, 0.1) is 25.2 Å². The Hall–Kier alpha value is -2.60. The molecule has 3 aromatic rings. The number of nitriles is 1. The molecule has 1 aromatic heterocycles. The van der Waals surface area contributed by atoms with E-state index >= 15 is 0 Å². The molecule has 0 aliphatic carbocycles. The number of aromatic nitrogens is 1. The summed E-state index contributed by atoms with van der Waals surface area (Å²) in [5.74, 6) is 0. The summed E-state index contributed by atoms with van der Waals surface area (Å²) in [6, 6.07) is 14.0. The maximum atomic E-state index is 13.6. The van der Waals surface area contributed by atoms with Crippen molar-refractivity contribution in [3.8, 4) is 6.07 Å². The Morgan fingerprint density at radius 2 is 1.58 bits per heavy atom. The van der Waals surface area contributed by atoms with E-state index < -0.39 is 28.3 Å². The lowest BCUT2D eigenvalue weighted by Gasteiger charge is -2.32. The van der Waals surface area contributed by atoms with Crippen LogP contribution in [-0.4, -0.2) is 30.7 Å². The Balaban J connectivity index is 2.05. The van der Waals surface area contributed by atoms with Gasteiger partial charge in [-0.15, -0.1) is 0 Å². The number of nitrogens with zero attached hydrogens (tertiary/aromatic N) is 2. The molecule has 160 valence electrons. The van der Waals surface area contributed by atoms with E-state index in [4.69, 9.17) is 9.31 Å². The van der Waals surface area contributed by atoms with E-state index in [2.05, 4.69) is 6.07 Å². The lowest BCUT2D eigenvalue weighted by molar-refractivity contribution is 0.00578. The second-order valence-electron chi connectivity index (χ2n) is 8.97. The van der Waals surface area contributed by atoms with Gasteiger partial charge in [0.05, 0.1) is 33.2 Å². The Labute approximate surface area is 183 Å². The molecule has 2 aromatic carbocycles. The summed E-state index contributed by atoms with van der Waals surface area (Å²) in [4.78, 5) is 0.192. The van der Waals surface area contributed by atoms with Gasteiger partial charge in [0.2, 0.25) is 0 Å². The van der Waals surface area contributed by atoms with Crippen LogP contribution in [-0.2, 0) is 19.3 Å². The second kappa shape index (κ2) is 6.96. The van der Waals surface area contributed by atoms with Crippen molar-refractivity contribution in [3.05, 3.63) is 59.3 Å². The van der Waals surface area contributed by atoms with Crippen molar-refractivity contribution >= 4 is 33.5 Å². The van der Waals surface area contributed by atoms with Gasteiger partial charge in [-0.2, -0.15) is 5.26 Å². The van der Waals surface area contributed by atoms with Crippen molar-refractivity contribution in [2.24, 2.45) is 0 Å². The van der Waals surface area contributed by atoms with Crippen LogP contribution in [0.2, 0.25) is 0 Å². The molecule has 0 saturated carbocycles. The smallest absolute Gasteiger partial charge is 0.399 e. The van der Waals surface area contributed by atoms with Crippen molar-refractivity contribution in [1.82, 2.24) is 3.97 Å². The normalized spacial score (nSPS) is 17.8. The van der Waals surface area contributed by atoms with Crippen molar-refractivity contribution in [1.29, 1.82) is 5.26 Å². The summed E-state index contributed by atoms with van der Waals surface area (Å²) < 4.78 is 41.1. The number of benzene rings is 2. The highest BCUT2D eigenvalue weighted by Crippen LogP contribution is 2.38. The number of rotatable bonds is 3. The van der Waals surface area contributed by atoms with E-state index in [1.54, 1.807) is 56.3 Å². The van der Waals surface area contributed by atoms with Gasteiger partial charge in [0, 0.05) is 16.5 Å². The number of aryl methyl sites for hydroxylation is 1. The highest BCUT2D eigenvalue weighted by molar-refractivity contribution is 7.90. The lowest BCUT2D eigenvalue weighted by atomic mass is 9.76. The molecule has 0 radical (unpaired) electrons. The Morgan fingerprint density at radius 3 is 2.13 bits per heavy atom. The largest absolute Gasteiger partial charge is 0.497 e. The molecule has 0 spiro atoms. The minimum absolute atomic E-state index is 0.192. The van der Waals surface area contributed by atoms with Gasteiger partial charge in [-0.1, -0.05) is 18.2 Å². The predicted octanol–water partition coefficient (Wildman–Crippen LogP) is 3.67. The van der Waals surface area contributed by atoms with Crippen molar-refractivity contribution in [3.63, 3.8) is 0 Å². The van der Waals surface area contributed by atoms with Crippen LogP contribution in [0.25, 0.3) is 10.9 Å². The molecule has 1 aliphatic heterocycles. The van der Waals surface area contributed by atoms with Gasteiger partial charge in [0.25, 0.3) is 10.0 Å². The fourth-order valence-corrected chi connectivity index (χ4v) is 5.53. The monoisotopic (exact) mass is 436 g/mol. The van der Waals surface area contributed by atoms with E-state index in [1.165, 1.54) is 3.97 Å². The van der Waals surface area contributed by atoms with Gasteiger partial charge < -0.3 is 9.31 Å². The molecule has 0 amide bonds. The molecule has 2 heterocycles. The maximum Gasteiger partial charge on any atom is 0.497 e. The van der Waals surface area contributed by atoms with E-state index in [-0.39, 0.29) is 4.90 Å². The van der Waals surface area contributed by atoms with E-state index in [0.717, 1.165) is 0 Å². The first-order valence-corrected chi connectivity index (χ1v) is 11.6. The first-order chi connectivity index (χ1) is 14.4. The highest BCUT2D eigenvalue weighted by Gasteiger charge is 2.53. The zero-order chi connectivity index (χ0) is 22.8. The summed E-state index contributed by atoms with van der Waals surface area (Å²) >= 11 is 0. The van der Waals surface area contributed by atoms with Crippen LogP contribution in [0.15, 0.2) is 47.4 Å². The minimum Gasteiger partial charge on any atom is -0.399 e. The highest BCUT2D eigenvalue weighted by atomic mass is 32.2. The van der Waals surface area contributed by atoms with E-state index in [9.17, 15) is 13.7 Å². The standard InChI is InChI=1S/C23H25BN2O4S/c1-15-12-20-19(13-17(15)14-25)21(24-29-22(3,4)23(5,6)30-24)16(2)26(20)31(27,28)18-10-8-7-9-11-18/h7-13H,1-6H3. The quantitative estimate of drug-likeness (QED) is 0.586. The van der Waals surface area contributed by atoms with Crippen molar-refractivity contribution in [2.45, 2.75) is 57.6 Å². The van der Waals surface area contributed by atoms with Crippen LogP contribution in [0.3, 0.4) is 0 Å². The average Bonchev–Trinajstić information content (AvgIpc) is 3.09. The number of hydrogen-bond donors (Lipinski definition) is 0. The summed E-state index contributed by atoms with van der Waals surface area (Å²) in [7, 11) is -4.63. The molecule has 31 heavy (non-hydrogen) atoms. The first-order valence-electron chi connectivity index (χ1n) is 10.1. The molecule has 1 fully saturated rings. The first kappa shape index (κ1) is 21.6. The maximum absolute atomic E-state index is 13.6. The molecule has 0 atom stereocenters. The molecule has 1 aliphatic rings. The van der Waals surface area contributed by atoms with Crippen LogP contribution < -0.4 is 5.46 Å². The average molecular weight is 436 g/mol. The third kappa shape index (κ3) is 3.19. The summed E-state index contributed by atoms with van der Waals surface area (Å²) in [5, 5.41) is 10.2. The summed E-state index contributed by atoms with van der Waals surface area (Å²) in [5.41, 5.74) is 1.66. The minimum atomic E-state index is -3.88. The third-order valence-corrected chi connectivity index (χ3v) is 8.26. The Morgan fingerprint density at radius 1 is 1.00 bits per heavy atom. The fourth-order valence-electron chi connectivity index (χ4n) is 3.95. The molecule has 4 rings (SSSR count). The topological polar surface area (TPSA) is 81.3 Å². The van der Waals surface area contributed by atoms with Gasteiger partial charge in [-0.25, -0.2) is 12.4 Å². The van der Waals surface area contributed by atoms with Crippen LogP contribution in [0.4, 0.5) is 0 Å². The molecule has 1 saturated heterocycles. The van der Waals surface area contributed by atoms with Crippen LogP contribution >= 0.6 is 0 Å². The zero-order valence-electron chi connectivity index (χ0n) is 18.6. The van der Waals surface area contributed by atoms with E-state index in [0.29, 0.717) is 33.2 Å². The fraction of sp³-hybridized carbons (Fsp3) is 0.348. The molecule has 0 unspecified atom stereocenters. The summed E-state index contributed by atoms with van der Waals surface area (Å²) in [6.45, 7) is 11.4. The number of hydrogen-bond acceptors (Lipinski definition) is 5. The van der Waals surface area contributed by atoms with Gasteiger partial charge >= 0.3 is 7.12 Å². The third-order valence-electron chi connectivity index (χ3n) is 6.44. The molecular weight excluding hydrogens is 411 g/mol.